The van der Waals surface area contributed by atoms with Gasteiger partial charge in [0.25, 0.3) is 5.91 Å². The molecule has 2 heterocycles. The lowest BCUT2D eigenvalue weighted by atomic mass is 10.0. The second-order valence-corrected chi connectivity index (χ2v) is 7.80. The van der Waals surface area contributed by atoms with E-state index in [2.05, 4.69) is 28.6 Å². The predicted octanol–water partition coefficient (Wildman–Crippen LogP) is 3.79. The number of carbonyl (C=O) groups is 2. The maximum Gasteiger partial charge on any atom is 0.253 e. The Bertz CT molecular complexity index is 813. The number of hydrogen-bond donors (Lipinski definition) is 1. The molecule has 2 aromatic rings. The van der Waals surface area contributed by atoms with Crippen molar-refractivity contribution in [1.82, 2.24) is 9.80 Å². The summed E-state index contributed by atoms with van der Waals surface area (Å²) in [6.07, 6.45) is 0.998. The van der Waals surface area contributed by atoms with Crippen LogP contribution in [0, 0.1) is 0 Å². The molecule has 1 aliphatic heterocycles. The molecule has 0 unspecified atom stereocenters. The van der Waals surface area contributed by atoms with Gasteiger partial charge < -0.3 is 10.2 Å². The minimum absolute atomic E-state index is 0.00858. The summed E-state index contributed by atoms with van der Waals surface area (Å²) in [6.45, 7) is 8.67. The molecule has 0 radical (unpaired) electrons. The number of benzene rings is 1. The number of anilines is 1. The topological polar surface area (TPSA) is 52.7 Å². The lowest BCUT2D eigenvalue weighted by Crippen LogP contribution is -2.39. The van der Waals surface area contributed by atoms with Gasteiger partial charge in [-0.05, 0) is 62.4 Å². The third-order valence-electron chi connectivity index (χ3n) is 5.19. The molecular weight excluding hydrogens is 358 g/mol. The van der Waals surface area contributed by atoms with E-state index in [4.69, 9.17) is 0 Å². The molecule has 1 aliphatic rings. The van der Waals surface area contributed by atoms with Gasteiger partial charge in [0, 0.05) is 41.8 Å². The summed E-state index contributed by atoms with van der Waals surface area (Å²) in [5, 5.41) is 5.08. The minimum Gasteiger partial charge on any atom is -0.339 e. The van der Waals surface area contributed by atoms with Crippen LogP contribution in [0.3, 0.4) is 0 Å². The highest BCUT2D eigenvalue weighted by Crippen LogP contribution is 2.32. The summed E-state index contributed by atoms with van der Waals surface area (Å²) in [7, 11) is 0. The highest BCUT2D eigenvalue weighted by molar-refractivity contribution is 7.10. The van der Waals surface area contributed by atoms with E-state index in [1.807, 2.05) is 26.0 Å². The van der Waals surface area contributed by atoms with Crippen molar-refractivity contribution in [2.24, 2.45) is 0 Å². The third-order valence-corrected chi connectivity index (χ3v) is 6.19. The second kappa shape index (κ2) is 8.67. The average molecular weight is 386 g/mol. The number of fused-ring (bicyclic) bond motifs is 1. The van der Waals surface area contributed by atoms with E-state index in [0.717, 1.165) is 13.0 Å². The lowest BCUT2D eigenvalue weighted by Gasteiger charge is -2.32. The van der Waals surface area contributed by atoms with E-state index in [1.165, 1.54) is 10.4 Å². The number of hydrogen-bond acceptors (Lipinski definition) is 4. The molecule has 0 saturated carbocycles. The molecule has 0 saturated heterocycles. The molecule has 0 spiro atoms. The Kier molecular flexibility index (Phi) is 6.29. The van der Waals surface area contributed by atoms with Gasteiger partial charge in [-0.25, -0.2) is 0 Å². The first-order chi connectivity index (χ1) is 13.0. The Morgan fingerprint density at radius 1 is 1.26 bits per heavy atom. The van der Waals surface area contributed by atoms with E-state index >= 15 is 0 Å². The van der Waals surface area contributed by atoms with Gasteiger partial charge in [0.2, 0.25) is 5.91 Å². The van der Waals surface area contributed by atoms with Crippen molar-refractivity contribution in [3.8, 4) is 0 Å². The van der Waals surface area contributed by atoms with Crippen LogP contribution in [0.2, 0.25) is 0 Å². The van der Waals surface area contributed by atoms with Crippen molar-refractivity contribution in [1.29, 1.82) is 0 Å². The molecule has 0 aliphatic carbocycles. The van der Waals surface area contributed by atoms with Crippen molar-refractivity contribution in [2.75, 3.05) is 31.5 Å². The molecule has 3 rings (SSSR count). The van der Waals surface area contributed by atoms with Crippen LogP contribution >= 0.6 is 11.3 Å². The first-order valence-corrected chi connectivity index (χ1v) is 10.4. The van der Waals surface area contributed by atoms with Crippen LogP contribution in [-0.4, -0.2) is 47.8 Å². The van der Waals surface area contributed by atoms with Gasteiger partial charge in [-0.15, -0.1) is 11.3 Å². The zero-order chi connectivity index (χ0) is 19.4. The first-order valence-electron chi connectivity index (χ1n) is 9.53. The van der Waals surface area contributed by atoms with Gasteiger partial charge in [0.05, 0.1) is 6.54 Å². The normalized spacial score (nSPS) is 16.6. The predicted molar refractivity (Wildman–Crippen MR) is 110 cm³/mol. The van der Waals surface area contributed by atoms with Crippen LogP contribution in [0.5, 0.6) is 0 Å². The van der Waals surface area contributed by atoms with E-state index in [9.17, 15) is 9.59 Å². The fourth-order valence-electron chi connectivity index (χ4n) is 3.59. The summed E-state index contributed by atoms with van der Waals surface area (Å²) in [5.74, 6) is -0.0568. The number of nitrogens with zero attached hydrogens (tertiary/aromatic N) is 2. The molecule has 5 nitrogen and oxygen atoms in total. The van der Waals surface area contributed by atoms with Crippen molar-refractivity contribution in [3.05, 3.63) is 51.7 Å². The third kappa shape index (κ3) is 4.39. The lowest BCUT2D eigenvalue weighted by molar-refractivity contribution is -0.117. The highest BCUT2D eigenvalue weighted by atomic mass is 32.1. The van der Waals surface area contributed by atoms with E-state index in [-0.39, 0.29) is 17.9 Å². The fourth-order valence-corrected chi connectivity index (χ4v) is 4.55. The zero-order valence-corrected chi connectivity index (χ0v) is 17.0. The largest absolute Gasteiger partial charge is 0.339 e. The number of thiophene rings is 1. The van der Waals surface area contributed by atoms with Gasteiger partial charge in [0.1, 0.15) is 0 Å². The number of rotatable bonds is 6. The van der Waals surface area contributed by atoms with Gasteiger partial charge in [-0.1, -0.05) is 6.07 Å². The van der Waals surface area contributed by atoms with Crippen LogP contribution < -0.4 is 5.32 Å². The van der Waals surface area contributed by atoms with E-state index in [1.54, 1.807) is 28.4 Å². The zero-order valence-electron chi connectivity index (χ0n) is 16.2. The summed E-state index contributed by atoms with van der Waals surface area (Å²) in [5.41, 5.74) is 2.61. The summed E-state index contributed by atoms with van der Waals surface area (Å²) in [4.78, 5) is 30.5. The Balaban J connectivity index is 1.63. The van der Waals surface area contributed by atoms with Crippen LogP contribution in [0.25, 0.3) is 0 Å². The van der Waals surface area contributed by atoms with Gasteiger partial charge in [0.15, 0.2) is 0 Å². The van der Waals surface area contributed by atoms with Gasteiger partial charge >= 0.3 is 0 Å². The molecular formula is C21H27N3O2S. The van der Waals surface area contributed by atoms with Crippen molar-refractivity contribution >= 4 is 28.8 Å². The SMILES string of the molecule is CCN(CC)C(=O)c1cccc(NC(=O)CN2CCc3sccc3[C@H]2C)c1. The maximum atomic E-state index is 12.6. The Morgan fingerprint density at radius 3 is 2.78 bits per heavy atom. The molecule has 2 amide bonds. The van der Waals surface area contributed by atoms with Crippen LogP contribution in [0.15, 0.2) is 35.7 Å². The summed E-state index contributed by atoms with van der Waals surface area (Å²) in [6, 6.07) is 9.61. The van der Waals surface area contributed by atoms with Gasteiger partial charge in [-0.3, -0.25) is 14.5 Å². The van der Waals surface area contributed by atoms with Gasteiger partial charge in [-0.2, -0.15) is 0 Å². The molecule has 1 atom stereocenters. The van der Waals surface area contributed by atoms with Crippen LogP contribution in [0.1, 0.15) is 47.6 Å². The smallest absolute Gasteiger partial charge is 0.253 e. The number of nitrogens with one attached hydrogen (secondary N) is 1. The molecule has 1 N–H and O–H groups in total. The fraction of sp³-hybridized carbons (Fsp3) is 0.429. The molecule has 6 heteroatoms. The Morgan fingerprint density at radius 2 is 2.04 bits per heavy atom. The monoisotopic (exact) mass is 385 g/mol. The first kappa shape index (κ1) is 19.6. The van der Waals surface area contributed by atoms with Crippen molar-refractivity contribution in [3.63, 3.8) is 0 Å². The average Bonchev–Trinajstić information content (AvgIpc) is 3.15. The van der Waals surface area contributed by atoms with Crippen LogP contribution in [0.4, 0.5) is 5.69 Å². The standard InChI is InChI=1S/C21H27N3O2S/c1-4-23(5-2)21(26)16-7-6-8-17(13-16)22-20(25)14-24-11-9-19-18(15(24)3)10-12-27-19/h6-8,10,12-13,15H,4-5,9,11,14H2,1-3H3,(H,22,25)/t15-/m1/s1. The Hall–Kier alpha value is -2.18. The highest BCUT2D eigenvalue weighted by Gasteiger charge is 2.26. The molecule has 1 aromatic heterocycles. The Labute approximate surface area is 165 Å². The molecule has 144 valence electrons. The summed E-state index contributed by atoms with van der Waals surface area (Å²) < 4.78 is 0. The van der Waals surface area contributed by atoms with Crippen LogP contribution in [-0.2, 0) is 11.2 Å². The number of amides is 2. The van der Waals surface area contributed by atoms with Crippen molar-refractivity contribution < 1.29 is 9.59 Å². The molecule has 0 bridgehead atoms. The van der Waals surface area contributed by atoms with E-state index in [0.29, 0.717) is 30.9 Å². The van der Waals surface area contributed by atoms with E-state index < -0.39 is 0 Å². The minimum atomic E-state index is -0.0482. The quantitative estimate of drug-likeness (QED) is 0.823. The second-order valence-electron chi connectivity index (χ2n) is 6.80. The number of carbonyl (C=O) groups excluding carboxylic acids is 2. The van der Waals surface area contributed by atoms with Crippen molar-refractivity contribution in [2.45, 2.75) is 33.2 Å². The summed E-state index contributed by atoms with van der Waals surface area (Å²) >= 11 is 1.80. The maximum absolute atomic E-state index is 12.6. The molecule has 27 heavy (non-hydrogen) atoms. The molecule has 0 fully saturated rings. The molecule has 1 aromatic carbocycles.